The molecule has 5 N–H and O–H groups in total. The summed E-state index contributed by atoms with van der Waals surface area (Å²) in [5, 5.41) is 11.5. The molecule has 1 aliphatic heterocycles. The molecule has 14 nitrogen and oxygen atoms in total. The van der Waals surface area contributed by atoms with Gasteiger partial charge in [0.25, 0.3) is 5.91 Å². The maximum absolute atomic E-state index is 12.8. The predicted octanol–water partition coefficient (Wildman–Crippen LogP) is -1.34. The minimum atomic E-state index is -1.04. The Morgan fingerprint density at radius 3 is 2.23 bits per heavy atom. The number of imide groups is 1. The molecule has 15 heteroatoms. The third-order valence-electron chi connectivity index (χ3n) is 6.12. The van der Waals surface area contributed by atoms with Crippen LogP contribution in [0.25, 0.3) is 0 Å². The summed E-state index contributed by atoms with van der Waals surface area (Å²) in [6.07, 6.45) is 0.0836. The summed E-state index contributed by atoms with van der Waals surface area (Å²) in [5.41, 5.74) is 1.08. The van der Waals surface area contributed by atoms with Crippen LogP contribution in [-0.4, -0.2) is 86.1 Å². The van der Waals surface area contributed by atoms with Crippen LogP contribution in [0.5, 0.6) is 0 Å². The molecule has 2 atom stereocenters. The van der Waals surface area contributed by atoms with Crippen LogP contribution in [0.1, 0.15) is 22.3 Å². The lowest BCUT2D eigenvalue weighted by molar-refractivity contribution is -0.131. The van der Waals surface area contributed by atoms with Crippen molar-refractivity contribution in [2.45, 2.75) is 24.1 Å². The van der Waals surface area contributed by atoms with Crippen molar-refractivity contribution in [2.75, 3.05) is 38.4 Å². The number of nitrogens with one attached hydrogen (secondary N) is 5. The molecule has 0 aliphatic carbocycles. The van der Waals surface area contributed by atoms with Crippen molar-refractivity contribution >= 4 is 59.7 Å². The molecule has 1 fully saturated rings. The molecule has 1 aliphatic rings. The molecular formula is C28H32N6O8S. The minimum Gasteiger partial charge on any atom is -0.364 e. The Morgan fingerprint density at radius 2 is 1.56 bits per heavy atom. The van der Waals surface area contributed by atoms with Crippen LogP contribution >= 0.6 is 12.6 Å². The number of amides is 7. The van der Waals surface area contributed by atoms with E-state index in [1.807, 2.05) is 0 Å². The summed E-state index contributed by atoms with van der Waals surface area (Å²) in [4.78, 5) is 87.4. The SMILES string of the molecule is COCNC(=O)CNC(=O)C(Cc1ccccc1)NC(=O)CNC(=O)CNC(=O)c1cccc(N2C(=O)CC(S)C2=O)c1. The number of carbonyl (C=O) groups excluding carboxylic acids is 7. The fourth-order valence-corrected chi connectivity index (χ4v) is 4.26. The monoisotopic (exact) mass is 612 g/mol. The summed E-state index contributed by atoms with van der Waals surface area (Å²) in [7, 11) is 1.40. The first kappa shape index (κ1) is 32.8. The van der Waals surface area contributed by atoms with Crippen molar-refractivity contribution < 1.29 is 38.3 Å². The first-order valence-corrected chi connectivity index (χ1v) is 13.7. The van der Waals surface area contributed by atoms with Crippen molar-refractivity contribution in [2.24, 2.45) is 0 Å². The van der Waals surface area contributed by atoms with Crippen molar-refractivity contribution in [3.05, 3.63) is 65.7 Å². The van der Waals surface area contributed by atoms with Gasteiger partial charge in [-0.15, -0.1) is 0 Å². The third kappa shape index (κ3) is 9.93. The second kappa shape index (κ2) is 16.0. The Kier molecular flexibility index (Phi) is 12.2. The Hall–Kier alpha value is -4.76. The summed E-state index contributed by atoms with van der Waals surface area (Å²) in [6.45, 7) is -1.31. The zero-order valence-electron chi connectivity index (χ0n) is 23.3. The molecule has 2 unspecified atom stereocenters. The van der Waals surface area contributed by atoms with E-state index in [0.29, 0.717) is 0 Å². The van der Waals surface area contributed by atoms with Crippen LogP contribution in [0.4, 0.5) is 5.69 Å². The number of thiol groups is 1. The van der Waals surface area contributed by atoms with E-state index in [1.54, 1.807) is 30.3 Å². The highest BCUT2D eigenvalue weighted by Gasteiger charge is 2.37. The van der Waals surface area contributed by atoms with Crippen LogP contribution in [0.2, 0.25) is 0 Å². The highest BCUT2D eigenvalue weighted by molar-refractivity contribution is 7.82. The average Bonchev–Trinajstić information content (AvgIpc) is 3.26. The van der Waals surface area contributed by atoms with Gasteiger partial charge in [-0.3, -0.25) is 33.6 Å². The molecule has 1 heterocycles. The number of hydrogen-bond acceptors (Lipinski definition) is 9. The van der Waals surface area contributed by atoms with Crippen molar-refractivity contribution in [3.8, 4) is 0 Å². The maximum atomic E-state index is 12.8. The van der Waals surface area contributed by atoms with E-state index in [1.165, 1.54) is 31.4 Å². The number of carbonyl (C=O) groups is 7. The third-order valence-corrected chi connectivity index (χ3v) is 6.52. The molecule has 2 aromatic rings. The van der Waals surface area contributed by atoms with Crippen molar-refractivity contribution in [1.29, 1.82) is 0 Å². The quantitative estimate of drug-likeness (QED) is 0.0858. The van der Waals surface area contributed by atoms with E-state index in [2.05, 4.69) is 39.2 Å². The van der Waals surface area contributed by atoms with E-state index in [4.69, 9.17) is 4.74 Å². The molecule has 0 bridgehead atoms. The number of anilines is 1. The number of rotatable bonds is 14. The molecule has 3 rings (SSSR count). The Morgan fingerprint density at radius 1 is 0.884 bits per heavy atom. The fourth-order valence-electron chi connectivity index (χ4n) is 3.99. The second-order valence-corrected chi connectivity index (χ2v) is 9.98. The first-order chi connectivity index (χ1) is 20.6. The van der Waals surface area contributed by atoms with Crippen molar-refractivity contribution in [1.82, 2.24) is 26.6 Å². The van der Waals surface area contributed by atoms with Crippen molar-refractivity contribution in [3.63, 3.8) is 0 Å². The van der Waals surface area contributed by atoms with Gasteiger partial charge in [0.15, 0.2) is 0 Å². The highest BCUT2D eigenvalue weighted by Crippen LogP contribution is 2.26. The lowest BCUT2D eigenvalue weighted by Crippen LogP contribution is -2.52. The summed E-state index contributed by atoms with van der Waals surface area (Å²) >= 11 is 4.09. The molecule has 228 valence electrons. The Balaban J connectivity index is 1.50. The van der Waals surface area contributed by atoms with Gasteiger partial charge in [0.2, 0.25) is 35.4 Å². The molecule has 7 amide bonds. The Labute approximate surface area is 252 Å². The van der Waals surface area contributed by atoms with Crippen LogP contribution in [0.3, 0.4) is 0 Å². The second-order valence-electron chi connectivity index (χ2n) is 9.36. The molecule has 0 aromatic heterocycles. The van der Waals surface area contributed by atoms with E-state index < -0.39 is 65.7 Å². The van der Waals surface area contributed by atoms with Gasteiger partial charge in [-0.1, -0.05) is 36.4 Å². The molecule has 1 saturated heterocycles. The number of benzene rings is 2. The van der Waals surface area contributed by atoms with E-state index in [-0.39, 0.29) is 37.4 Å². The zero-order valence-corrected chi connectivity index (χ0v) is 24.1. The van der Waals surface area contributed by atoms with Gasteiger partial charge in [-0.05, 0) is 23.8 Å². The summed E-state index contributed by atoms with van der Waals surface area (Å²) < 4.78 is 4.75. The minimum absolute atomic E-state index is 0.0250. The van der Waals surface area contributed by atoms with Crippen LogP contribution in [-0.2, 0) is 39.9 Å². The topological polar surface area (TPSA) is 192 Å². The largest absolute Gasteiger partial charge is 0.364 e. The van der Waals surface area contributed by atoms with Gasteiger partial charge < -0.3 is 31.3 Å². The molecule has 0 spiro atoms. The summed E-state index contributed by atoms with van der Waals surface area (Å²) in [6, 6.07) is 13.7. The number of ether oxygens (including phenoxy) is 1. The summed E-state index contributed by atoms with van der Waals surface area (Å²) in [5.74, 6) is -4.00. The fraction of sp³-hybridized carbons (Fsp3) is 0.321. The van der Waals surface area contributed by atoms with Gasteiger partial charge in [0, 0.05) is 25.5 Å². The standard InChI is InChI=1S/C28H32N6O8S/c1-42-16-32-23(36)14-31-27(40)20(10-17-6-3-2-4-7-17)33-24(37)15-29-22(35)13-30-26(39)18-8-5-9-19(11-18)34-25(38)12-21(43)28(34)41/h2-9,11,20-21,43H,10,12-16H2,1H3,(H,29,35)(H,30,39)(H,31,40)(H,32,36)(H,33,37). The predicted molar refractivity (Wildman–Crippen MR) is 157 cm³/mol. The van der Waals surface area contributed by atoms with Crippen LogP contribution in [0.15, 0.2) is 54.6 Å². The zero-order chi connectivity index (χ0) is 31.4. The number of nitrogens with zero attached hydrogens (tertiary/aromatic N) is 1. The molecular weight excluding hydrogens is 580 g/mol. The first-order valence-electron chi connectivity index (χ1n) is 13.2. The normalized spacial score (nSPS) is 14.9. The molecule has 0 radical (unpaired) electrons. The number of hydrogen-bond donors (Lipinski definition) is 6. The number of methoxy groups -OCH3 is 1. The lowest BCUT2D eigenvalue weighted by atomic mass is 10.1. The maximum Gasteiger partial charge on any atom is 0.251 e. The van der Waals surface area contributed by atoms with Gasteiger partial charge in [-0.2, -0.15) is 12.6 Å². The lowest BCUT2D eigenvalue weighted by Gasteiger charge is -2.19. The van der Waals surface area contributed by atoms with E-state index >= 15 is 0 Å². The van der Waals surface area contributed by atoms with Crippen LogP contribution in [0, 0.1) is 0 Å². The average molecular weight is 613 g/mol. The van der Waals surface area contributed by atoms with E-state index in [9.17, 15) is 33.6 Å². The van der Waals surface area contributed by atoms with Gasteiger partial charge >= 0.3 is 0 Å². The molecule has 43 heavy (non-hydrogen) atoms. The van der Waals surface area contributed by atoms with Gasteiger partial charge in [0.1, 0.15) is 12.8 Å². The van der Waals surface area contributed by atoms with Crippen LogP contribution < -0.4 is 31.5 Å². The molecule has 2 aromatic carbocycles. The Bertz CT molecular complexity index is 1370. The molecule has 0 saturated carbocycles. The van der Waals surface area contributed by atoms with Gasteiger partial charge in [0.05, 0.1) is 30.6 Å². The smallest absolute Gasteiger partial charge is 0.251 e. The van der Waals surface area contributed by atoms with Gasteiger partial charge in [-0.25, -0.2) is 4.90 Å². The van der Waals surface area contributed by atoms with E-state index in [0.717, 1.165) is 10.5 Å². The highest BCUT2D eigenvalue weighted by atomic mass is 32.1.